The van der Waals surface area contributed by atoms with Gasteiger partial charge in [0, 0.05) is 5.69 Å². The summed E-state index contributed by atoms with van der Waals surface area (Å²) < 4.78 is 0. The Kier molecular flexibility index (Phi) is 3.10. The van der Waals surface area contributed by atoms with Crippen molar-refractivity contribution in [1.82, 2.24) is 5.06 Å². The normalized spacial score (nSPS) is 15.2. The molecule has 0 atom stereocenters. The van der Waals surface area contributed by atoms with Crippen molar-refractivity contribution in [2.75, 3.05) is 18.5 Å². The molecule has 0 saturated carbocycles. The van der Waals surface area contributed by atoms with E-state index in [9.17, 15) is 4.79 Å². The zero-order chi connectivity index (χ0) is 11.5. The van der Waals surface area contributed by atoms with E-state index in [1.54, 1.807) is 0 Å². The van der Waals surface area contributed by atoms with E-state index in [4.69, 9.17) is 4.84 Å². The molecule has 1 heterocycles. The Morgan fingerprint density at radius 3 is 2.94 bits per heavy atom. The van der Waals surface area contributed by atoms with Crippen LogP contribution in [-0.4, -0.2) is 24.2 Å². The molecule has 16 heavy (non-hydrogen) atoms. The van der Waals surface area contributed by atoms with Gasteiger partial charge >= 0.3 is 6.03 Å². The minimum absolute atomic E-state index is 0.189. The van der Waals surface area contributed by atoms with Gasteiger partial charge in [0.15, 0.2) is 0 Å². The minimum atomic E-state index is -0.189. The molecule has 4 heteroatoms. The van der Waals surface area contributed by atoms with Crippen LogP contribution < -0.4 is 5.32 Å². The lowest BCUT2D eigenvalue weighted by Crippen LogP contribution is -2.31. The number of carbonyl (C=O) groups excluding carboxylic acids is 1. The van der Waals surface area contributed by atoms with Gasteiger partial charge in [-0.15, -0.1) is 0 Å². The van der Waals surface area contributed by atoms with E-state index < -0.39 is 0 Å². The highest BCUT2D eigenvalue weighted by Crippen LogP contribution is 2.19. The van der Waals surface area contributed by atoms with E-state index in [0.29, 0.717) is 13.2 Å². The number of nitrogens with one attached hydrogen (secondary N) is 1. The monoisotopic (exact) mass is 220 g/mol. The highest BCUT2D eigenvalue weighted by atomic mass is 16.7. The summed E-state index contributed by atoms with van der Waals surface area (Å²) in [7, 11) is 0. The average Bonchev–Trinajstić information content (AvgIpc) is 2.78. The Morgan fingerprint density at radius 2 is 2.25 bits per heavy atom. The summed E-state index contributed by atoms with van der Waals surface area (Å²) in [6.07, 6.45) is 0.903. The Bertz CT molecular complexity index is 398. The van der Waals surface area contributed by atoms with Gasteiger partial charge in [-0.1, -0.05) is 12.1 Å². The first-order chi connectivity index (χ1) is 7.68. The second kappa shape index (κ2) is 4.53. The first kappa shape index (κ1) is 11.0. The van der Waals surface area contributed by atoms with E-state index in [1.165, 1.54) is 10.6 Å². The van der Waals surface area contributed by atoms with E-state index in [2.05, 4.69) is 5.32 Å². The van der Waals surface area contributed by atoms with Crippen LogP contribution in [0.2, 0.25) is 0 Å². The SMILES string of the molecule is Cc1cccc(NC(=O)N2CCCO2)c1C. The fourth-order valence-corrected chi connectivity index (χ4v) is 1.67. The summed E-state index contributed by atoms with van der Waals surface area (Å²) in [5.74, 6) is 0. The second-order valence-corrected chi connectivity index (χ2v) is 3.97. The maximum Gasteiger partial charge on any atom is 0.345 e. The molecular weight excluding hydrogens is 204 g/mol. The molecule has 86 valence electrons. The number of carbonyl (C=O) groups is 1. The highest BCUT2D eigenvalue weighted by Gasteiger charge is 2.19. The third-order valence-electron chi connectivity index (χ3n) is 2.83. The molecule has 0 aromatic heterocycles. The van der Waals surface area contributed by atoms with Gasteiger partial charge in [-0.2, -0.15) is 0 Å². The molecule has 0 unspecified atom stereocenters. The van der Waals surface area contributed by atoms with E-state index in [0.717, 1.165) is 17.7 Å². The third kappa shape index (κ3) is 2.17. The zero-order valence-corrected chi connectivity index (χ0v) is 9.62. The minimum Gasteiger partial charge on any atom is -0.306 e. The van der Waals surface area contributed by atoms with Crippen LogP contribution in [0.3, 0.4) is 0 Å². The highest BCUT2D eigenvalue weighted by molar-refractivity contribution is 5.89. The summed E-state index contributed by atoms with van der Waals surface area (Å²) in [4.78, 5) is 16.9. The number of anilines is 1. The number of benzene rings is 1. The van der Waals surface area contributed by atoms with Gasteiger partial charge in [0.05, 0.1) is 13.2 Å². The molecule has 2 rings (SSSR count). The topological polar surface area (TPSA) is 41.6 Å². The Balaban J connectivity index is 2.08. The van der Waals surface area contributed by atoms with Crippen LogP contribution in [0.5, 0.6) is 0 Å². The number of hydrogen-bond acceptors (Lipinski definition) is 2. The van der Waals surface area contributed by atoms with Gasteiger partial charge in [-0.3, -0.25) is 4.84 Å². The molecule has 0 bridgehead atoms. The number of hydrogen-bond donors (Lipinski definition) is 1. The van der Waals surface area contributed by atoms with Crippen LogP contribution in [0.1, 0.15) is 17.5 Å². The molecule has 1 N–H and O–H groups in total. The van der Waals surface area contributed by atoms with Crippen molar-refractivity contribution in [3.8, 4) is 0 Å². The van der Waals surface area contributed by atoms with E-state index in [-0.39, 0.29) is 6.03 Å². The summed E-state index contributed by atoms with van der Waals surface area (Å²) in [5, 5.41) is 4.23. The number of nitrogens with zero attached hydrogens (tertiary/aromatic N) is 1. The van der Waals surface area contributed by atoms with Crippen LogP contribution in [0, 0.1) is 13.8 Å². The zero-order valence-electron chi connectivity index (χ0n) is 9.62. The van der Waals surface area contributed by atoms with Gasteiger partial charge in [0.1, 0.15) is 0 Å². The predicted molar refractivity (Wildman–Crippen MR) is 62.2 cm³/mol. The molecule has 0 spiro atoms. The molecule has 0 radical (unpaired) electrons. The molecule has 1 fully saturated rings. The van der Waals surface area contributed by atoms with Crippen molar-refractivity contribution in [3.05, 3.63) is 29.3 Å². The van der Waals surface area contributed by atoms with Crippen molar-refractivity contribution in [1.29, 1.82) is 0 Å². The number of hydroxylamine groups is 2. The molecule has 1 saturated heterocycles. The fraction of sp³-hybridized carbons (Fsp3) is 0.417. The summed E-state index contributed by atoms with van der Waals surface area (Å²) in [5.41, 5.74) is 3.11. The first-order valence-corrected chi connectivity index (χ1v) is 5.46. The smallest absolute Gasteiger partial charge is 0.306 e. The lowest BCUT2D eigenvalue weighted by molar-refractivity contribution is -0.0614. The largest absolute Gasteiger partial charge is 0.345 e. The Labute approximate surface area is 95.2 Å². The van der Waals surface area contributed by atoms with Crippen LogP contribution >= 0.6 is 0 Å². The average molecular weight is 220 g/mol. The van der Waals surface area contributed by atoms with Crippen LogP contribution in [0.25, 0.3) is 0 Å². The molecule has 0 aliphatic carbocycles. The molecule has 1 aromatic rings. The van der Waals surface area contributed by atoms with E-state index >= 15 is 0 Å². The maximum absolute atomic E-state index is 11.8. The molecule has 1 aliphatic heterocycles. The van der Waals surface area contributed by atoms with Crippen molar-refractivity contribution >= 4 is 11.7 Å². The Morgan fingerprint density at radius 1 is 1.44 bits per heavy atom. The van der Waals surface area contributed by atoms with Gasteiger partial charge < -0.3 is 5.32 Å². The van der Waals surface area contributed by atoms with Crippen molar-refractivity contribution < 1.29 is 9.63 Å². The number of amides is 2. The molecule has 4 nitrogen and oxygen atoms in total. The molecule has 2 amide bonds. The van der Waals surface area contributed by atoms with Gasteiger partial charge in [0.2, 0.25) is 0 Å². The summed E-state index contributed by atoms with van der Waals surface area (Å²) >= 11 is 0. The van der Waals surface area contributed by atoms with Crippen molar-refractivity contribution in [3.63, 3.8) is 0 Å². The van der Waals surface area contributed by atoms with Gasteiger partial charge in [0.25, 0.3) is 0 Å². The summed E-state index contributed by atoms with van der Waals surface area (Å²) in [6, 6.07) is 5.67. The lowest BCUT2D eigenvalue weighted by Gasteiger charge is -2.16. The maximum atomic E-state index is 11.8. The standard InChI is InChI=1S/C12H16N2O2/c1-9-5-3-6-11(10(9)2)13-12(15)14-7-4-8-16-14/h3,5-6H,4,7-8H2,1-2H3,(H,13,15). The molecule has 1 aromatic carbocycles. The third-order valence-corrected chi connectivity index (χ3v) is 2.83. The van der Waals surface area contributed by atoms with Gasteiger partial charge in [-0.25, -0.2) is 9.86 Å². The molecular formula is C12H16N2O2. The summed E-state index contributed by atoms with van der Waals surface area (Å²) in [6.45, 7) is 5.31. The van der Waals surface area contributed by atoms with Crippen LogP contribution in [0.4, 0.5) is 10.5 Å². The number of aryl methyl sites for hydroxylation is 1. The van der Waals surface area contributed by atoms with Crippen LogP contribution in [-0.2, 0) is 4.84 Å². The first-order valence-electron chi connectivity index (χ1n) is 5.46. The number of rotatable bonds is 1. The predicted octanol–water partition coefficient (Wildman–Crippen LogP) is 2.47. The van der Waals surface area contributed by atoms with E-state index in [1.807, 2.05) is 32.0 Å². The fourth-order valence-electron chi connectivity index (χ4n) is 1.67. The Hall–Kier alpha value is -1.55. The van der Waals surface area contributed by atoms with Crippen molar-refractivity contribution in [2.45, 2.75) is 20.3 Å². The van der Waals surface area contributed by atoms with Crippen molar-refractivity contribution in [2.24, 2.45) is 0 Å². The lowest BCUT2D eigenvalue weighted by atomic mass is 10.1. The van der Waals surface area contributed by atoms with Gasteiger partial charge in [-0.05, 0) is 37.5 Å². The quantitative estimate of drug-likeness (QED) is 0.790. The number of urea groups is 1. The van der Waals surface area contributed by atoms with Crippen LogP contribution in [0.15, 0.2) is 18.2 Å². The second-order valence-electron chi connectivity index (χ2n) is 3.97. The molecule has 1 aliphatic rings.